The summed E-state index contributed by atoms with van der Waals surface area (Å²) < 4.78 is 0. The molecule has 3 N–H and O–H groups in total. The van der Waals surface area contributed by atoms with Gasteiger partial charge in [-0.05, 0) is 13.8 Å². The summed E-state index contributed by atoms with van der Waals surface area (Å²) >= 11 is 0. The summed E-state index contributed by atoms with van der Waals surface area (Å²) in [5.41, 5.74) is 0. The molecular formula is C7H17N3. The molecule has 0 atom stereocenters. The van der Waals surface area contributed by atoms with E-state index in [9.17, 15) is 0 Å². The van der Waals surface area contributed by atoms with Crippen LogP contribution in [0.4, 0.5) is 0 Å². The minimum Gasteiger partial charge on any atom is -0.296 e. The van der Waals surface area contributed by atoms with Gasteiger partial charge in [0.25, 0.3) is 0 Å². The minimum absolute atomic E-state index is 0.215. The third-order valence-corrected chi connectivity index (χ3v) is 1.38. The Labute approximate surface area is 62.7 Å². The van der Waals surface area contributed by atoms with Crippen LogP contribution in [0.3, 0.4) is 0 Å². The highest BCUT2D eigenvalue weighted by atomic mass is 15.4. The number of nitrogens with zero attached hydrogens (tertiary/aromatic N) is 1. The van der Waals surface area contributed by atoms with Gasteiger partial charge in [-0.1, -0.05) is 13.8 Å². The second-order valence-electron chi connectivity index (χ2n) is 3.04. The highest BCUT2D eigenvalue weighted by molar-refractivity contribution is 5.80. The zero-order valence-corrected chi connectivity index (χ0v) is 7.18. The average Bonchev–Trinajstić information content (AvgIpc) is 1.84. The van der Waals surface area contributed by atoms with Gasteiger partial charge in [-0.3, -0.25) is 10.4 Å². The van der Waals surface area contributed by atoms with Crippen LogP contribution in [0.25, 0.3) is 0 Å². The Balaban J connectivity index is 3.95. The first-order valence-electron chi connectivity index (χ1n) is 3.59. The molecule has 0 heterocycles. The van der Waals surface area contributed by atoms with E-state index in [0.29, 0.717) is 5.84 Å². The van der Waals surface area contributed by atoms with Gasteiger partial charge in [0.15, 0.2) is 0 Å². The number of hydrogen-bond acceptors (Lipinski definition) is 2. The predicted octanol–water partition coefficient (Wildman–Crippen LogP) is 1.20. The van der Waals surface area contributed by atoms with Gasteiger partial charge in [-0.25, -0.2) is 5.84 Å². The third-order valence-electron chi connectivity index (χ3n) is 1.38. The maximum absolute atomic E-state index is 7.48. The smallest absolute Gasteiger partial charge is 0.113 e. The molecule has 0 saturated carbocycles. The molecule has 0 rings (SSSR count). The maximum Gasteiger partial charge on any atom is 0.113 e. The van der Waals surface area contributed by atoms with Crippen molar-refractivity contribution in [2.75, 3.05) is 0 Å². The van der Waals surface area contributed by atoms with Crippen molar-refractivity contribution in [2.24, 2.45) is 11.8 Å². The van der Waals surface area contributed by atoms with Crippen LogP contribution in [0.15, 0.2) is 0 Å². The van der Waals surface area contributed by atoms with Crippen LogP contribution in [-0.2, 0) is 0 Å². The molecule has 0 aromatic carbocycles. The van der Waals surface area contributed by atoms with E-state index in [4.69, 9.17) is 11.3 Å². The maximum atomic E-state index is 7.48. The topological polar surface area (TPSA) is 53.1 Å². The predicted molar refractivity (Wildman–Crippen MR) is 43.7 cm³/mol. The average molecular weight is 143 g/mol. The molecule has 0 aromatic heterocycles. The van der Waals surface area contributed by atoms with E-state index < -0.39 is 0 Å². The van der Waals surface area contributed by atoms with E-state index in [1.54, 1.807) is 0 Å². The van der Waals surface area contributed by atoms with Gasteiger partial charge < -0.3 is 0 Å². The fourth-order valence-electron chi connectivity index (χ4n) is 0.576. The highest BCUT2D eigenvalue weighted by Gasteiger charge is 2.11. The first kappa shape index (κ1) is 9.43. The van der Waals surface area contributed by atoms with Gasteiger partial charge in [0.2, 0.25) is 0 Å². The standard InChI is InChI=1S/C7H17N3/c1-5(2)7(8)10(9)6(3)4/h5-6,8H,9H2,1-4H3. The molecule has 0 aliphatic rings. The zero-order chi connectivity index (χ0) is 8.31. The van der Waals surface area contributed by atoms with Crippen LogP contribution < -0.4 is 5.84 Å². The number of hydrazine groups is 1. The fraction of sp³-hybridized carbons (Fsp3) is 0.857. The first-order chi connectivity index (χ1) is 4.46. The SMILES string of the molecule is CC(C)C(=N)N(N)C(C)C. The van der Waals surface area contributed by atoms with Crippen molar-refractivity contribution < 1.29 is 0 Å². The fourth-order valence-corrected chi connectivity index (χ4v) is 0.576. The molecule has 0 amide bonds. The van der Waals surface area contributed by atoms with Crippen LogP contribution in [0.2, 0.25) is 0 Å². The monoisotopic (exact) mass is 143 g/mol. The number of nitrogens with two attached hydrogens (primary N) is 1. The van der Waals surface area contributed by atoms with E-state index >= 15 is 0 Å². The van der Waals surface area contributed by atoms with Gasteiger partial charge >= 0.3 is 0 Å². The lowest BCUT2D eigenvalue weighted by Crippen LogP contribution is -2.44. The molecule has 0 aromatic rings. The lowest BCUT2D eigenvalue weighted by Gasteiger charge is -2.25. The summed E-state index contributed by atoms with van der Waals surface area (Å²) in [6.45, 7) is 7.86. The second kappa shape index (κ2) is 3.56. The normalized spacial score (nSPS) is 10.7. The van der Waals surface area contributed by atoms with E-state index in [1.165, 1.54) is 5.01 Å². The third kappa shape index (κ3) is 2.35. The second-order valence-corrected chi connectivity index (χ2v) is 3.04. The Hall–Kier alpha value is -0.570. The Morgan fingerprint density at radius 2 is 1.70 bits per heavy atom. The molecule has 0 saturated heterocycles. The Kier molecular flexibility index (Phi) is 3.36. The number of hydrogen-bond donors (Lipinski definition) is 2. The molecule has 0 fully saturated rings. The van der Waals surface area contributed by atoms with Crippen molar-refractivity contribution in [2.45, 2.75) is 33.7 Å². The molecule has 0 aliphatic carbocycles. The summed E-state index contributed by atoms with van der Waals surface area (Å²) in [6.07, 6.45) is 0. The number of nitrogens with one attached hydrogen (secondary N) is 1. The van der Waals surface area contributed by atoms with E-state index in [2.05, 4.69) is 0 Å². The summed E-state index contributed by atoms with van der Waals surface area (Å²) in [5.74, 6) is 6.28. The largest absolute Gasteiger partial charge is 0.296 e. The van der Waals surface area contributed by atoms with Gasteiger partial charge in [0.1, 0.15) is 5.84 Å². The van der Waals surface area contributed by atoms with Crippen molar-refractivity contribution in [3.8, 4) is 0 Å². The lowest BCUT2D eigenvalue weighted by molar-refractivity contribution is 0.345. The lowest BCUT2D eigenvalue weighted by atomic mass is 10.2. The van der Waals surface area contributed by atoms with Crippen LogP contribution in [0.1, 0.15) is 27.7 Å². The Morgan fingerprint density at radius 3 is 1.80 bits per heavy atom. The molecule has 10 heavy (non-hydrogen) atoms. The molecule has 0 unspecified atom stereocenters. The summed E-state index contributed by atoms with van der Waals surface area (Å²) in [5, 5.41) is 8.97. The summed E-state index contributed by atoms with van der Waals surface area (Å²) in [6, 6.07) is 0.217. The van der Waals surface area contributed by atoms with Crippen LogP contribution >= 0.6 is 0 Å². The first-order valence-corrected chi connectivity index (χ1v) is 3.59. The number of amidine groups is 1. The molecule has 3 heteroatoms. The van der Waals surface area contributed by atoms with Crippen molar-refractivity contribution in [1.82, 2.24) is 5.01 Å². The van der Waals surface area contributed by atoms with Crippen LogP contribution in [0, 0.1) is 11.3 Å². The Morgan fingerprint density at radius 1 is 1.30 bits per heavy atom. The Bertz CT molecular complexity index is 118. The molecular weight excluding hydrogens is 126 g/mol. The van der Waals surface area contributed by atoms with Crippen molar-refractivity contribution in [1.29, 1.82) is 5.41 Å². The van der Waals surface area contributed by atoms with E-state index in [1.807, 2.05) is 27.7 Å². The van der Waals surface area contributed by atoms with Gasteiger partial charge in [-0.15, -0.1) is 0 Å². The van der Waals surface area contributed by atoms with Crippen LogP contribution in [-0.4, -0.2) is 16.9 Å². The zero-order valence-electron chi connectivity index (χ0n) is 7.18. The molecule has 0 spiro atoms. The van der Waals surface area contributed by atoms with Gasteiger partial charge in [0.05, 0.1) is 0 Å². The number of rotatable bonds is 2. The van der Waals surface area contributed by atoms with E-state index in [0.717, 1.165) is 0 Å². The summed E-state index contributed by atoms with van der Waals surface area (Å²) in [4.78, 5) is 0. The summed E-state index contributed by atoms with van der Waals surface area (Å²) in [7, 11) is 0. The minimum atomic E-state index is 0.215. The van der Waals surface area contributed by atoms with Crippen LogP contribution in [0.5, 0.6) is 0 Å². The van der Waals surface area contributed by atoms with Crippen molar-refractivity contribution >= 4 is 5.84 Å². The molecule has 0 aliphatic heterocycles. The molecule has 3 nitrogen and oxygen atoms in total. The quantitative estimate of drug-likeness (QED) is 0.264. The molecule has 60 valence electrons. The molecule has 0 radical (unpaired) electrons. The van der Waals surface area contributed by atoms with Crippen molar-refractivity contribution in [3.05, 3.63) is 0 Å². The highest BCUT2D eigenvalue weighted by Crippen LogP contribution is 2.00. The van der Waals surface area contributed by atoms with Gasteiger partial charge in [-0.2, -0.15) is 0 Å². The van der Waals surface area contributed by atoms with E-state index in [-0.39, 0.29) is 12.0 Å². The molecule has 0 bridgehead atoms. The van der Waals surface area contributed by atoms with Crippen molar-refractivity contribution in [3.63, 3.8) is 0 Å². The van der Waals surface area contributed by atoms with Gasteiger partial charge in [0, 0.05) is 12.0 Å².